The minimum Gasteiger partial charge on any atom is -0.465 e. The number of benzene rings is 2. The molecule has 26 heavy (non-hydrogen) atoms. The molecule has 1 heterocycles. The first-order chi connectivity index (χ1) is 12.6. The van der Waals surface area contributed by atoms with Gasteiger partial charge in [-0.2, -0.15) is 0 Å². The molecule has 0 aliphatic heterocycles. The molecule has 0 unspecified atom stereocenters. The standard InChI is InChI=1S/C21H19NO3S/c1-14-18(16-11-7-4-8-12-16)19(21(24)25-2)20(26-14)22-17(23)13-15-9-5-3-6-10-15/h3-12H,13H2,1-2H3,(H,22,23). The van der Waals surface area contributed by atoms with E-state index in [0.717, 1.165) is 21.6 Å². The Morgan fingerprint density at radius 2 is 1.62 bits per heavy atom. The van der Waals surface area contributed by atoms with Crippen molar-refractivity contribution >= 4 is 28.2 Å². The summed E-state index contributed by atoms with van der Waals surface area (Å²) in [5, 5.41) is 3.41. The SMILES string of the molecule is COC(=O)c1c(NC(=O)Cc2ccccc2)sc(C)c1-c1ccccc1. The summed E-state index contributed by atoms with van der Waals surface area (Å²) in [6.07, 6.45) is 0.249. The molecule has 0 spiro atoms. The van der Waals surface area contributed by atoms with E-state index in [2.05, 4.69) is 5.32 Å². The van der Waals surface area contributed by atoms with Crippen molar-refractivity contribution in [3.05, 3.63) is 76.7 Å². The lowest BCUT2D eigenvalue weighted by Gasteiger charge is -2.08. The molecule has 1 N–H and O–H groups in total. The number of carbonyl (C=O) groups excluding carboxylic acids is 2. The number of ether oxygens (including phenoxy) is 1. The van der Waals surface area contributed by atoms with Crippen molar-refractivity contribution in [2.24, 2.45) is 0 Å². The fourth-order valence-corrected chi connectivity index (χ4v) is 3.91. The number of rotatable bonds is 5. The minimum absolute atomic E-state index is 0.165. The number of hydrogen-bond donors (Lipinski definition) is 1. The van der Waals surface area contributed by atoms with Crippen molar-refractivity contribution in [3.8, 4) is 11.1 Å². The Labute approximate surface area is 156 Å². The lowest BCUT2D eigenvalue weighted by atomic mass is 10.0. The van der Waals surface area contributed by atoms with Gasteiger partial charge in [-0.05, 0) is 18.1 Å². The van der Waals surface area contributed by atoms with Crippen molar-refractivity contribution in [3.63, 3.8) is 0 Å². The molecule has 0 aliphatic rings. The van der Waals surface area contributed by atoms with Gasteiger partial charge in [0.25, 0.3) is 0 Å². The van der Waals surface area contributed by atoms with Crippen LogP contribution in [0, 0.1) is 6.92 Å². The number of esters is 1. The molecule has 1 aromatic heterocycles. The van der Waals surface area contributed by atoms with Crippen molar-refractivity contribution in [2.45, 2.75) is 13.3 Å². The number of hydrogen-bond acceptors (Lipinski definition) is 4. The van der Waals surface area contributed by atoms with E-state index in [-0.39, 0.29) is 12.3 Å². The number of anilines is 1. The quantitative estimate of drug-likeness (QED) is 0.667. The summed E-state index contributed by atoms with van der Waals surface area (Å²) in [6, 6.07) is 19.1. The average Bonchev–Trinajstić information content (AvgIpc) is 2.98. The van der Waals surface area contributed by atoms with Gasteiger partial charge in [-0.15, -0.1) is 11.3 Å². The molecule has 0 saturated heterocycles. The highest BCUT2D eigenvalue weighted by Crippen LogP contribution is 2.40. The van der Waals surface area contributed by atoms with Gasteiger partial charge in [0.15, 0.2) is 0 Å². The zero-order chi connectivity index (χ0) is 18.5. The smallest absolute Gasteiger partial charge is 0.341 e. The van der Waals surface area contributed by atoms with Crippen LogP contribution in [0.15, 0.2) is 60.7 Å². The van der Waals surface area contributed by atoms with E-state index >= 15 is 0 Å². The molecule has 0 bridgehead atoms. The largest absolute Gasteiger partial charge is 0.465 e. The number of nitrogens with one attached hydrogen (secondary N) is 1. The van der Waals surface area contributed by atoms with Gasteiger partial charge in [-0.3, -0.25) is 4.79 Å². The van der Waals surface area contributed by atoms with Crippen LogP contribution in [-0.2, 0) is 16.0 Å². The third-order valence-corrected chi connectivity index (χ3v) is 5.02. The van der Waals surface area contributed by atoms with E-state index in [1.165, 1.54) is 18.4 Å². The number of aryl methyl sites for hydroxylation is 1. The minimum atomic E-state index is -0.455. The molecule has 0 aliphatic carbocycles. The maximum absolute atomic E-state index is 12.4. The Kier molecular flexibility index (Phi) is 5.49. The number of methoxy groups -OCH3 is 1. The van der Waals surface area contributed by atoms with Gasteiger partial charge in [0.05, 0.1) is 13.5 Å². The van der Waals surface area contributed by atoms with Crippen LogP contribution in [0.4, 0.5) is 5.00 Å². The van der Waals surface area contributed by atoms with Crippen LogP contribution >= 0.6 is 11.3 Å². The Morgan fingerprint density at radius 3 is 2.23 bits per heavy atom. The average molecular weight is 365 g/mol. The second-order valence-electron chi connectivity index (χ2n) is 5.81. The molecule has 0 fully saturated rings. The summed E-state index contributed by atoms with van der Waals surface area (Å²) in [5.41, 5.74) is 3.05. The molecule has 4 nitrogen and oxygen atoms in total. The van der Waals surface area contributed by atoms with E-state index in [0.29, 0.717) is 10.6 Å². The molecule has 5 heteroatoms. The van der Waals surface area contributed by atoms with Crippen molar-refractivity contribution in [2.75, 3.05) is 12.4 Å². The molecule has 3 aromatic rings. The number of thiophene rings is 1. The van der Waals surface area contributed by atoms with E-state index in [1.54, 1.807) is 0 Å². The lowest BCUT2D eigenvalue weighted by Crippen LogP contribution is -2.16. The van der Waals surface area contributed by atoms with Gasteiger partial charge in [-0.25, -0.2) is 4.79 Å². The third-order valence-electron chi connectivity index (χ3n) is 4.00. The summed E-state index contributed by atoms with van der Waals surface area (Å²) < 4.78 is 4.97. The van der Waals surface area contributed by atoms with Crippen LogP contribution in [0.2, 0.25) is 0 Å². The third kappa shape index (κ3) is 3.83. The van der Waals surface area contributed by atoms with Crippen molar-refractivity contribution in [1.82, 2.24) is 0 Å². The monoisotopic (exact) mass is 365 g/mol. The molecule has 3 rings (SSSR count). The predicted molar refractivity (Wildman–Crippen MR) is 105 cm³/mol. The van der Waals surface area contributed by atoms with Crippen molar-refractivity contribution < 1.29 is 14.3 Å². The first-order valence-corrected chi connectivity index (χ1v) is 9.02. The van der Waals surface area contributed by atoms with Gasteiger partial charge in [0, 0.05) is 10.4 Å². The van der Waals surface area contributed by atoms with Crippen molar-refractivity contribution in [1.29, 1.82) is 0 Å². The van der Waals surface area contributed by atoms with Gasteiger partial charge in [-0.1, -0.05) is 60.7 Å². The molecule has 1 amide bonds. The fraction of sp³-hybridized carbons (Fsp3) is 0.143. The molecular weight excluding hydrogens is 346 g/mol. The molecular formula is C21H19NO3S. The van der Waals surface area contributed by atoms with Crippen LogP contribution in [0.5, 0.6) is 0 Å². The van der Waals surface area contributed by atoms with Gasteiger partial charge < -0.3 is 10.1 Å². The molecule has 0 radical (unpaired) electrons. The van der Waals surface area contributed by atoms with E-state index in [9.17, 15) is 9.59 Å². The van der Waals surface area contributed by atoms with Crippen LogP contribution in [-0.4, -0.2) is 19.0 Å². The van der Waals surface area contributed by atoms with Crippen LogP contribution < -0.4 is 5.32 Å². The van der Waals surface area contributed by atoms with Gasteiger partial charge >= 0.3 is 5.97 Å². The van der Waals surface area contributed by atoms with Gasteiger partial charge in [0.1, 0.15) is 10.6 Å². The highest BCUT2D eigenvalue weighted by molar-refractivity contribution is 7.17. The number of amides is 1. The van der Waals surface area contributed by atoms with E-state index in [1.807, 2.05) is 67.6 Å². The summed E-state index contributed by atoms with van der Waals surface area (Å²) in [7, 11) is 1.35. The van der Waals surface area contributed by atoms with E-state index < -0.39 is 5.97 Å². The Hall–Kier alpha value is -2.92. The maximum Gasteiger partial charge on any atom is 0.341 e. The maximum atomic E-state index is 12.4. The first kappa shape index (κ1) is 17.9. The number of carbonyl (C=O) groups is 2. The zero-order valence-electron chi connectivity index (χ0n) is 14.6. The highest BCUT2D eigenvalue weighted by atomic mass is 32.1. The summed E-state index contributed by atoms with van der Waals surface area (Å²) >= 11 is 1.39. The fourth-order valence-electron chi connectivity index (χ4n) is 2.83. The second-order valence-corrected chi connectivity index (χ2v) is 7.03. The predicted octanol–water partition coefficient (Wildman–Crippen LogP) is 4.69. The molecule has 132 valence electrons. The Bertz CT molecular complexity index is 917. The normalized spacial score (nSPS) is 10.4. The topological polar surface area (TPSA) is 55.4 Å². The zero-order valence-corrected chi connectivity index (χ0v) is 15.4. The second kappa shape index (κ2) is 7.97. The summed E-state index contributed by atoms with van der Waals surface area (Å²) in [5.74, 6) is -0.620. The van der Waals surface area contributed by atoms with Gasteiger partial charge in [0.2, 0.25) is 5.91 Å². The molecule has 0 atom stereocenters. The highest BCUT2D eigenvalue weighted by Gasteiger charge is 2.25. The summed E-state index contributed by atoms with van der Waals surface area (Å²) in [6.45, 7) is 1.94. The molecule has 2 aromatic carbocycles. The van der Waals surface area contributed by atoms with Crippen LogP contribution in [0.1, 0.15) is 20.8 Å². The Balaban J connectivity index is 1.94. The van der Waals surface area contributed by atoms with E-state index in [4.69, 9.17) is 4.74 Å². The van der Waals surface area contributed by atoms with Crippen LogP contribution in [0.3, 0.4) is 0 Å². The van der Waals surface area contributed by atoms with Crippen LogP contribution in [0.25, 0.3) is 11.1 Å². The Morgan fingerprint density at radius 1 is 1.00 bits per heavy atom. The first-order valence-electron chi connectivity index (χ1n) is 8.21. The summed E-state index contributed by atoms with van der Waals surface area (Å²) in [4.78, 5) is 25.8. The molecule has 0 saturated carbocycles. The lowest BCUT2D eigenvalue weighted by molar-refractivity contribution is -0.115.